The highest BCUT2D eigenvalue weighted by Gasteiger charge is 2.19. The molecule has 0 saturated heterocycles. The van der Waals surface area contributed by atoms with Crippen LogP contribution in [0.15, 0.2) is 52.2 Å². The summed E-state index contributed by atoms with van der Waals surface area (Å²) in [6.07, 6.45) is 1.88. The van der Waals surface area contributed by atoms with E-state index in [0.717, 1.165) is 5.56 Å². The van der Waals surface area contributed by atoms with Crippen molar-refractivity contribution in [1.82, 2.24) is 24.6 Å². The van der Waals surface area contributed by atoms with Gasteiger partial charge in [-0.15, -0.1) is 0 Å². The van der Waals surface area contributed by atoms with E-state index in [2.05, 4.69) is 15.5 Å². The Morgan fingerprint density at radius 1 is 1.18 bits per heavy atom. The highest BCUT2D eigenvalue weighted by Crippen LogP contribution is 2.14. The van der Waals surface area contributed by atoms with Crippen LogP contribution in [-0.4, -0.2) is 31.8 Å². The van der Waals surface area contributed by atoms with Gasteiger partial charge in [0.2, 0.25) is 5.43 Å². The van der Waals surface area contributed by atoms with E-state index < -0.39 is 5.91 Å². The van der Waals surface area contributed by atoms with E-state index >= 15 is 0 Å². The van der Waals surface area contributed by atoms with Gasteiger partial charge in [0, 0.05) is 39.3 Å². The van der Waals surface area contributed by atoms with Crippen LogP contribution in [0.4, 0.5) is 0 Å². The number of carbonyl (C=O) groups excluding carboxylic acids is 1. The summed E-state index contributed by atoms with van der Waals surface area (Å²) in [4.78, 5) is 36.3. The predicted octanol–water partition coefficient (Wildman–Crippen LogP) is 0.359. The number of hydrogen-bond acceptors (Lipinski definition) is 5. The van der Waals surface area contributed by atoms with Crippen molar-refractivity contribution >= 4 is 5.91 Å². The minimum Gasteiger partial charge on any atom is -0.483 e. The number of hydrogen-bond donors (Lipinski definition) is 2. The maximum absolute atomic E-state index is 12.7. The van der Waals surface area contributed by atoms with E-state index in [0.29, 0.717) is 12.2 Å². The van der Waals surface area contributed by atoms with Crippen LogP contribution in [0.1, 0.15) is 21.9 Å². The smallest absolute Gasteiger partial charge is 0.343 e. The standard InChI is InChI=1S/C19H21N5O4/c1-23-11-9-14(25)17(28-12-13-6-4-3-5-7-13)16(23)18(26)20-10-8-15-21-22-19(27)24(15)2/h3-7,9,11H,8,10,12H2,1-2H3,(H,20,26)(H,22,27). The van der Waals surface area contributed by atoms with Crippen LogP contribution >= 0.6 is 0 Å². The molecule has 2 N–H and O–H groups in total. The van der Waals surface area contributed by atoms with Crippen molar-refractivity contribution in [2.75, 3.05) is 6.54 Å². The van der Waals surface area contributed by atoms with Gasteiger partial charge in [-0.2, -0.15) is 5.10 Å². The van der Waals surface area contributed by atoms with Gasteiger partial charge in [-0.1, -0.05) is 30.3 Å². The lowest BCUT2D eigenvalue weighted by Gasteiger charge is -2.14. The lowest BCUT2D eigenvalue weighted by atomic mass is 10.2. The zero-order valence-corrected chi connectivity index (χ0v) is 15.6. The SMILES string of the molecule is Cn1ccc(=O)c(OCc2ccccc2)c1C(=O)NCCc1n[nH]c(=O)n1C. The third-order valence-electron chi connectivity index (χ3n) is 4.29. The molecule has 3 rings (SSSR count). The van der Waals surface area contributed by atoms with Crippen LogP contribution in [0.25, 0.3) is 0 Å². The third kappa shape index (κ3) is 4.20. The van der Waals surface area contributed by atoms with E-state index in [1.807, 2.05) is 30.3 Å². The number of benzene rings is 1. The fourth-order valence-electron chi connectivity index (χ4n) is 2.71. The first-order chi connectivity index (χ1) is 13.5. The minimum absolute atomic E-state index is 0.00137. The minimum atomic E-state index is -0.441. The van der Waals surface area contributed by atoms with Crippen LogP contribution in [0.3, 0.4) is 0 Å². The summed E-state index contributed by atoms with van der Waals surface area (Å²) in [5.74, 6) is 0.0788. The normalized spacial score (nSPS) is 10.6. The topological polar surface area (TPSA) is 111 Å². The second kappa shape index (κ2) is 8.38. The number of pyridine rings is 1. The van der Waals surface area contributed by atoms with Gasteiger partial charge in [-0.25, -0.2) is 9.89 Å². The first-order valence-electron chi connectivity index (χ1n) is 8.72. The molecule has 0 fully saturated rings. The Morgan fingerprint density at radius 3 is 2.61 bits per heavy atom. The van der Waals surface area contributed by atoms with Crippen molar-refractivity contribution < 1.29 is 9.53 Å². The Labute approximate surface area is 160 Å². The average Bonchev–Trinajstić information content (AvgIpc) is 3.01. The molecule has 0 aliphatic rings. The number of H-pyrrole nitrogens is 1. The van der Waals surface area contributed by atoms with Crippen LogP contribution < -0.4 is 21.2 Å². The Morgan fingerprint density at radius 2 is 1.93 bits per heavy atom. The van der Waals surface area contributed by atoms with Gasteiger partial charge < -0.3 is 14.6 Å². The fraction of sp³-hybridized carbons (Fsp3) is 0.263. The second-order valence-electron chi connectivity index (χ2n) is 6.25. The number of carbonyl (C=O) groups is 1. The predicted molar refractivity (Wildman–Crippen MR) is 102 cm³/mol. The molecule has 0 bridgehead atoms. The molecule has 0 radical (unpaired) electrons. The highest BCUT2D eigenvalue weighted by atomic mass is 16.5. The molecular weight excluding hydrogens is 362 g/mol. The molecule has 146 valence electrons. The number of nitrogens with one attached hydrogen (secondary N) is 2. The van der Waals surface area contributed by atoms with Crippen LogP contribution in [0, 0.1) is 0 Å². The maximum atomic E-state index is 12.7. The average molecular weight is 383 g/mol. The van der Waals surface area contributed by atoms with Crippen molar-refractivity contribution in [3.63, 3.8) is 0 Å². The molecule has 1 amide bonds. The number of rotatable bonds is 7. The van der Waals surface area contributed by atoms with Crippen LogP contribution in [-0.2, 0) is 27.1 Å². The Bertz CT molecular complexity index is 1080. The molecule has 0 spiro atoms. The van der Waals surface area contributed by atoms with Crippen molar-refractivity contribution in [2.24, 2.45) is 14.1 Å². The summed E-state index contributed by atoms with van der Waals surface area (Å²) >= 11 is 0. The van der Waals surface area contributed by atoms with Gasteiger partial charge in [0.15, 0.2) is 11.4 Å². The summed E-state index contributed by atoms with van der Waals surface area (Å²) in [5, 5.41) is 8.98. The van der Waals surface area contributed by atoms with E-state index in [1.165, 1.54) is 16.8 Å². The second-order valence-corrected chi connectivity index (χ2v) is 6.25. The molecule has 2 aromatic heterocycles. The van der Waals surface area contributed by atoms with Gasteiger partial charge >= 0.3 is 5.69 Å². The van der Waals surface area contributed by atoms with Gasteiger partial charge in [0.25, 0.3) is 5.91 Å². The zero-order chi connectivity index (χ0) is 20.1. The molecule has 0 saturated carbocycles. The first kappa shape index (κ1) is 19.2. The molecule has 3 aromatic rings. The van der Waals surface area contributed by atoms with Crippen molar-refractivity contribution in [3.8, 4) is 5.75 Å². The summed E-state index contributed by atoms with van der Waals surface area (Å²) in [6, 6.07) is 10.7. The summed E-state index contributed by atoms with van der Waals surface area (Å²) in [6.45, 7) is 0.425. The van der Waals surface area contributed by atoms with Crippen LogP contribution in [0.2, 0.25) is 0 Å². The molecule has 0 aliphatic carbocycles. The highest BCUT2D eigenvalue weighted by molar-refractivity contribution is 5.95. The number of aryl methyl sites for hydroxylation is 1. The zero-order valence-electron chi connectivity index (χ0n) is 15.6. The Hall–Kier alpha value is -3.62. The molecule has 1 aromatic carbocycles. The maximum Gasteiger partial charge on any atom is 0.343 e. The summed E-state index contributed by atoms with van der Waals surface area (Å²) in [7, 11) is 3.26. The quantitative estimate of drug-likeness (QED) is 0.612. The molecule has 9 heteroatoms. The summed E-state index contributed by atoms with van der Waals surface area (Å²) < 4.78 is 8.60. The Kier molecular flexibility index (Phi) is 5.73. The molecule has 0 aliphatic heterocycles. The molecule has 28 heavy (non-hydrogen) atoms. The van der Waals surface area contributed by atoms with Crippen molar-refractivity contribution in [2.45, 2.75) is 13.0 Å². The first-order valence-corrected chi connectivity index (χ1v) is 8.72. The molecular formula is C19H21N5O4. The lowest BCUT2D eigenvalue weighted by molar-refractivity contribution is 0.0939. The van der Waals surface area contributed by atoms with Gasteiger partial charge in [-0.3, -0.25) is 14.2 Å². The van der Waals surface area contributed by atoms with E-state index in [1.54, 1.807) is 18.7 Å². The number of aromatic nitrogens is 4. The van der Waals surface area contributed by atoms with Gasteiger partial charge in [-0.05, 0) is 5.56 Å². The van der Waals surface area contributed by atoms with Crippen LogP contribution in [0.5, 0.6) is 5.75 Å². The van der Waals surface area contributed by atoms with E-state index in [4.69, 9.17) is 4.74 Å². The summed E-state index contributed by atoms with van der Waals surface area (Å²) in [5.41, 5.74) is 0.343. The number of amides is 1. The third-order valence-corrected chi connectivity index (χ3v) is 4.29. The number of aromatic amines is 1. The van der Waals surface area contributed by atoms with Gasteiger partial charge in [0.05, 0.1) is 0 Å². The van der Waals surface area contributed by atoms with E-state index in [9.17, 15) is 14.4 Å². The molecule has 2 heterocycles. The number of ether oxygens (including phenoxy) is 1. The number of nitrogens with zero attached hydrogens (tertiary/aromatic N) is 3. The van der Waals surface area contributed by atoms with Gasteiger partial charge in [0.1, 0.15) is 12.4 Å². The molecule has 9 nitrogen and oxygen atoms in total. The van der Waals surface area contributed by atoms with Crippen molar-refractivity contribution in [1.29, 1.82) is 0 Å². The van der Waals surface area contributed by atoms with Crippen molar-refractivity contribution in [3.05, 3.63) is 80.4 Å². The molecule has 0 atom stereocenters. The Balaban J connectivity index is 1.73. The largest absolute Gasteiger partial charge is 0.483 e. The van der Waals surface area contributed by atoms with E-state index in [-0.39, 0.29) is 35.7 Å². The lowest BCUT2D eigenvalue weighted by Crippen LogP contribution is -2.31. The monoisotopic (exact) mass is 383 g/mol. The fourth-order valence-corrected chi connectivity index (χ4v) is 2.71. The molecule has 0 unspecified atom stereocenters.